The predicted molar refractivity (Wildman–Crippen MR) is 108 cm³/mol. The highest BCUT2D eigenvalue weighted by atomic mass is 35.5. The highest BCUT2D eigenvalue weighted by Crippen LogP contribution is 2.48. The Morgan fingerprint density at radius 2 is 2.00 bits per heavy atom. The number of hydrogen-bond acceptors (Lipinski definition) is 5. The number of hydrogen-bond donors (Lipinski definition) is 1. The van der Waals surface area contributed by atoms with Gasteiger partial charge in [0.1, 0.15) is 11.4 Å². The summed E-state index contributed by atoms with van der Waals surface area (Å²) in [7, 11) is 0. The quantitative estimate of drug-likeness (QED) is 0.646. The maximum absolute atomic E-state index is 13.6. The SMILES string of the molecule is Cc1cccc(C2CC2)c1OC1C=C(C(=O)O)C(Cl)=CC1(OC(F)(F)F)c1cccnn1. The number of carboxylic acids is 1. The second-order valence-electron chi connectivity index (χ2n) is 7.63. The molecule has 32 heavy (non-hydrogen) atoms. The Morgan fingerprint density at radius 1 is 1.25 bits per heavy atom. The van der Waals surface area contributed by atoms with E-state index in [2.05, 4.69) is 14.9 Å². The van der Waals surface area contributed by atoms with Crippen molar-refractivity contribution < 1.29 is 32.5 Å². The van der Waals surface area contributed by atoms with Gasteiger partial charge in [-0.1, -0.05) is 29.8 Å². The fourth-order valence-corrected chi connectivity index (χ4v) is 4.04. The van der Waals surface area contributed by atoms with Gasteiger partial charge in [0, 0.05) is 6.20 Å². The van der Waals surface area contributed by atoms with Gasteiger partial charge in [0.05, 0.1) is 10.6 Å². The van der Waals surface area contributed by atoms with Crippen molar-refractivity contribution in [3.63, 3.8) is 0 Å². The van der Waals surface area contributed by atoms with E-state index in [4.69, 9.17) is 16.3 Å². The molecule has 1 fully saturated rings. The Hall–Kier alpha value is -2.91. The molecule has 10 heteroatoms. The first-order valence-electron chi connectivity index (χ1n) is 9.76. The first kappa shape index (κ1) is 22.3. The summed E-state index contributed by atoms with van der Waals surface area (Å²) in [5.74, 6) is -0.803. The van der Waals surface area contributed by atoms with Crippen LogP contribution >= 0.6 is 11.6 Å². The average Bonchev–Trinajstić information content (AvgIpc) is 3.55. The van der Waals surface area contributed by atoms with Crippen LogP contribution in [-0.2, 0) is 15.1 Å². The number of rotatable bonds is 6. The zero-order valence-corrected chi connectivity index (χ0v) is 17.5. The molecule has 6 nitrogen and oxygen atoms in total. The summed E-state index contributed by atoms with van der Waals surface area (Å²) < 4.78 is 51.6. The summed E-state index contributed by atoms with van der Waals surface area (Å²) in [5.41, 5.74) is -1.49. The number of ether oxygens (including phenoxy) is 2. The molecule has 1 aromatic carbocycles. The lowest BCUT2D eigenvalue weighted by Gasteiger charge is -2.39. The Balaban J connectivity index is 1.90. The van der Waals surface area contributed by atoms with Crippen molar-refractivity contribution >= 4 is 17.6 Å². The summed E-state index contributed by atoms with van der Waals surface area (Å²) in [6.45, 7) is 1.77. The number of aromatic nitrogens is 2. The van der Waals surface area contributed by atoms with Crippen LogP contribution in [0.15, 0.2) is 59.3 Å². The van der Waals surface area contributed by atoms with Gasteiger partial charge >= 0.3 is 12.3 Å². The predicted octanol–water partition coefficient (Wildman–Crippen LogP) is 4.99. The molecule has 0 aliphatic heterocycles. The number of nitrogens with zero attached hydrogens (tertiary/aromatic N) is 2. The zero-order chi connectivity index (χ0) is 23.1. The lowest BCUT2D eigenvalue weighted by molar-refractivity contribution is -0.370. The molecule has 2 aliphatic rings. The lowest BCUT2D eigenvalue weighted by atomic mass is 9.85. The molecule has 2 atom stereocenters. The number of para-hydroxylation sites is 1. The fraction of sp³-hybridized carbons (Fsp3) is 0.318. The van der Waals surface area contributed by atoms with Gasteiger partial charge in [-0.25, -0.2) is 4.79 Å². The molecular weight excluding hydrogens is 449 g/mol. The fourth-order valence-electron chi connectivity index (χ4n) is 3.74. The van der Waals surface area contributed by atoms with Gasteiger partial charge in [-0.15, -0.1) is 13.2 Å². The molecule has 4 rings (SSSR count). The van der Waals surface area contributed by atoms with E-state index >= 15 is 0 Å². The molecule has 0 amide bonds. The van der Waals surface area contributed by atoms with Gasteiger partial charge in [0.15, 0.2) is 11.7 Å². The molecule has 0 saturated heterocycles. The third-order valence-electron chi connectivity index (χ3n) is 5.33. The molecule has 1 aromatic heterocycles. The van der Waals surface area contributed by atoms with E-state index in [0.29, 0.717) is 11.3 Å². The number of carbonyl (C=O) groups is 1. The molecule has 0 bridgehead atoms. The number of benzene rings is 1. The van der Waals surface area contributed by atoms with E-state index < -0.39 is 34.6 Å². The number of alkyl halides is 3. The molecule has 2 unspecified atom stereocenters. The van der Waals surface area contributed by atoms with Crippen LogP contribution in [-0.4, -0.2) is 33.7 Å². The van der Waals surface area contributed by atoms with Crippen molar-refractivity contribution in [2.75, 3.05) is 0 Å². The van der Waals surface area contributed by atoms with E-state index in [1.54, 1.807) is 13.0 Å². The Bertz CT molecular complexity index is 1100. The van der Waals surface area contributed by atoms with Crippen molar-refractivity contribution in [1.82, 2.24) is 10.2 Å². The minimum Gasteiger partial charge on any atom is -0.482 e. The summed E-state index contributed by atoms with van der Waals surface area (Å²) in [5, 5.41) is 16.6. The Morgan fingerprint density at radius 3 is 2.59 bits per heavy atom. The Labute approximate surface area is 186 Å². The second kappa shape index (κ2) is 8.22. The van der Waals surface area contributed by atoms with Crippen molar-refractivity contribution in [2.45, 2.75) is 43.8 Å². The normalized spacial score (nSPS) is 23.3. The van der Waals surface area contributed by atoms with E-state index in [-0.39, 0.29) is 11.6 Å². The van der Waals surface area contributed by atoms with E-state index in [1.165, 1.54) is 18.3 Å². The van der Waals surface area contributed by atoms with Crippen molar-refractivity contribution in [3.8, 4) is 5.75 Å². The van der Waals surface area contributed by atoms with Crippen LogP contribution in [0.1, 0.15) is 35.6 Å². The van der Waals surface area contributed by atoms with E-state index in [1.807, 2.05) is 12.1 Å². The largest absolute Gasteiger partial charge is 0.523 e. The van der Waals surface area contributed by atoms with Gasteiger partial charge in [-0.2, -0.15) is 10.2 Å². The number of aliphatic carboxylic acids is 1. The molecule has 168 valence electrons. The maximum Gasteiger partial charge on any atom is 0.523 e. The van der Waals surface area contributed by atoms with Crippen molar-refractivity contribution in [2.24, 2.45) is 0 Å². The second-order valence-corrected chi connectivity index (χ2v) is 8.04. The van der Waals surface area contributed by atoms with Crippen LogP contribution in [0.4, 0.5) is 13.2 Å². The van der Waals surface area contributed by atoms with Crippen molar-refractivity contribution in [3.05, 3.63) is 76.1 Å². The minimum absolute atomic E-state index is 0.227. The molecule has 1 N–H and O–H groups in total. The van der Waals surface area contributed by atoms with Crippen LogP contribution < -0.4 is 4.74 Å². The van der Waals surface area contributed by atoms with Crippen LogP contribution in [0.5, 0.6) is 5.75 Å². The Kier molecular flexibility index (Phi) is 5.72. The molecule has 1 heterocycles. The molecular formula is C22H18ClF3N2O4. The van der Waals surface area contributed by atoms with E-state index in [9.17, 15) is 23.1 Å². The van der Waals surface area contributed by atoms with Gasteiger partial charge in [0.25, 0.3) is 0 Å². The first-order chi connectivity index (χ1) is 15.1. The monoisotopic (exact) mass is 466 g/mol. The van der Waals surface area contributed by atoms with Crippen molar-refractivity contribution in [1.29, 1.82) is 0 Å². The maximum atomic E-state index is 13.6. The third-order valence-corrected chi connectivity index (χ3v) is 5.64. The van der Waals surface area contributed by atoms with Gasteiger partial charge < -0.3 is 9.84 Å². The van der Waals surface area contributed by atoms with Crippen LogP contribution in [0.25, 0.3) is 0 Å². The van der Waals surface area contributed by atoms with Gasteiger partial charge in [-0.05, 0) is 61.1 Å². The third kappa shape index (κ3) is 4.35. The molecule has 0 radical (unpaired) electrons. The average molecular weight is 467 g/mol. The van der Waals surface area contributed by atoms with Crippen LogP contribution in [0, 0.1) is 6.92 Å². The topological polar surface area (TPSA) is 81.5 Å². The summed E-state index contributed by atoms with van der Waals surface area (Å²) in [6, 6.07) is 8.14. The molecule has 0 spiro atoms. The molecule has 2 aromatic rings. The van der Waals surface area contributed by atoms with Gasteiger partial charge in [-0.3, -0.25) is 4.74 Å². The smallest absolute Gasteiger partial charge is 0.482 e. The molecule has 1 saturated carbocycles. The summed E-state index contributed by atoms with van der Waals surface area (Å²) >= 11 is 6.09. The first-order valence-corrected chi connectivity index (χ1v) is 10.1. The molecule has 2 aliphatic carbocycles. The minimum atomic E-state index is -5.12. The summed E-state index contributed by atoms with van der Waals surface area (Å²) in [6.07, 6.45) is -1.62. The number of carboxylic acid groups (broad SMARTS) is 1. The highest BCUT2D eigenvalue weighted by Gasteiger charge is 2.53. The van der Waals surface area contributed by atoms with Crippen LogP contribution in [0.3, 0.4) is 0 Å². The van der Waals surface area contributed by atoms with Gasteiger partial charge in [0.2, 0.25) is 0 Å². The highest BCUT2D eigenvalue weighted by molar-refractivity contribution is 6.35. The number of aryl methyl sites for hydroxylation is 1. The lowest BCUT2D eigenvalue weighted by Crippen LogP contribution is -2.49. The zero-order valence-electron chi connectivity index (χ0n) is 16.8. The summed E-state index contributed by atoms with van der Waals surface area (Å²) in [4.78, 5) is 11.7. The van der Waals surface area contributed by atoms with E-state index in [0.717, 1.165) is 30.6 Å². The standard InChI is InChI=1S/C22H18ClF3N2O4/c1-12-4-2-5-14(13-7-8-13)19(12)31-18-10-15(20(29)30)16(23)11-21(18,32-22(24,25)26)17-6-3-9-27-28-17/h2-6,9-11,13,18H,7-8H2,1H3,(H,29,30). The van der Waals surface area contributed by atoms with Crippen LogP contribution in [0.2, 0.25) is 0 Å². The number of halogens is 4.